The van der Waals surface area contributed by atoms with Crippen LogP contribution in [0.3, 0.4) is 0 Å². The van der Waals surface area contributed by atoms with Crippen LogP contribution in [0, 0.1) is 18.3 Å². The molecule has 2 aromatic carbocycles. The number of fused-ring (bicyclic) bond motifs is 1. The van der Waals surface area contributed by atoms with Crippen molar-refractivity contribution in [2.24, 2.45) is 0 Å². The summed E-state index contributed by atoms with van der Waals surface area (Å²) in [5.41, 5.74) is 5.94. The summed E-state index contributed by atoms with van der Waals surface area (Å²) >= 11 is 3.59. The van der Waals surface area contributed by atoms with Gasteiger partial charge in [0.2, 0.25) is 0 Å². The molecule has 0 N–H and O–H groups in total. The number of halogens is 1. The van der Waals surface area contributed by atoms with Crippen molar-refractivity contribution in [2.75, 3.05) is 0 Å². The van der Waals surface area contributed by atoms with E-state index in [1.807, 2.05) is 19.1 Å². The first-order chi connectivity index (χ1) is 12.4. The van der Waals surface area contributed by atoms with Crippen LogP contribution in [0.25, 0.3) is 10.9 Å². The van der Waals surface area contributed by atoms with E-state index in [4.69, 9.17) is 4.98 Å². The van der Waals surface area contributed by atoms with Gasteiger partial charge in [-0.15, -0.1) is 0 Å². The molecule has 0 saturated heterocycles. The minimum atomic E-state index is -0.605. The zero-order valence-corrected chi connectivity index (χ0v) is 18.0. The van der Waals surface area contributed by atoms with Crippen LogP contribution in [-0.4, -0.2) is 4.98 Å². The predicted octanol–water partition coefficient (Wildman–Crippen LogP) is 5.39. The fraction of sp³-hybridized carbons (Fsp3) is 0.273. The van der Waals surface area contributed by atoms with Crippen LogP contribution in [-0.2, 0) is 18.3 Å². The van der Waals surface area contributed by atoms with E-state index >= 15 is 0 Å². The number of nitriles is 1. The lowest BCUT2D eigenvalue weighted by atomic mass is 9.77. The third-order valence-corrected chi connectivity index (χ3v) is 6.48. The topological polar surface area (TPSA) is 36.7 Å². The predicted molar refractivity (Wildman–Crippen MR) is 116 cm³/mol. The van der Waals surface area contributed by atoms with Gasteiger partial charge < -0.3 is 0 Å². The van der Waals surface area contributed by atoms with Crippen LogP contribution in [0.4, 0.5) is 0 Å². The Hall–Kier alpha value is -1.75. The number of nitrogens with zero attached hydrogens (tertiary/aromatic N) is 2. The van der Waals surface area contributed by atoms with E-state index in [1.54, 1.807) is 0 Å². The second-order valence-electron chi connectivity index (χ2n) is 6.94. The Kier molecular flexibility index (Phi) is 5.47. The Balaban J connectivity index is 2.06. The fourth-order valence-corrected chi connectivity index (χ4v) is 4.12. The monoisotopic (exact) mass is 424 g/mol. The van der Waals surface area contributed by atoms with E-state index in [2.05, 4.69) is 75.4 Å². The lowest BCUT2D eigenvalue weighted by Crippen LogP contribution is -2.23. The molecule has 132 valence electrons. The lowest BCUT2D eigenvalue weighted by Gasteiger charge is -2.24. The van der Waals surface area contributed by atoms with Gasteiger partial charge in [-0.25, -0.2) is 4.98 Å². The van der Waals surface area contributed by atoms with Gasteiger partial charge in [-0.2, -0.15) is 5.26 Å². The summed E-state index contributed by atoms with van der Waals surface area (Å²) in [6, 6.07) is 17.1. The van der Waals surface area contributed by atoms with Crippen molar-refractivity contribution in [3.05, 3.63) is 69.2 Å². The normalized spacial score (nSPS) is 13.4. The number of hydrogen-bond acceptors (Lipinski definition) is 2. The summed E-state index contributed by atoms with van der Waals surface area (Å²) in [5, 5.41) is 11.1. The molecule has 0 saturated carbocycles. The first-order valence-corrected chi connectivity index (χ1v) is 10.1. The van der Waals surface area contributed by atoms with Gasteiger partial charge in [0.15, 0.2) is 0 Å². The van der Waals surface area contributed by atoms with Crippen molar-refractivity contribution in [3.8, 4) is 6.07 Å². The molecular formula is C22H22BrN2P. The maximum Gasteiger partial charge on any atom is 0.0835 e. The third kappa shape index (κ3) is 3.54. The van der Waals surface area contributed by atoms with E-state index in [-0.39, 0.29) is 0 Å². The molecule has 3 rings (SSSR count). The van der Waals surface area contributed by atoms with Crippen molar-refractivity contribution in [1.29, 1.82) is 5.26 Å². The van der Waals surface area contributed by atoms with Crippen molar-refractivity contribution in [2.45, 2.75) is 39.0 Å². The smallest absolute Gasteiger partial charge is 0.0835 e. The van der Waals surface area contributed by atoms with Crippen LogP contribution < -0.4 is 5.44 Å². The van der Waals surface area contributed by atoms with E-state index in [0.29, 0.717) is 6.42 Å². The van der Waals surface area contributed by atoms with Crippen LogP contribution in [0.5, 0.6) is 0 Å². The van der Waals surface area contributed by atoms with E-state index < -0.39 is 5.41 Å². The minimum Gasteiger partial charge on any atom is -0.248 e. The Labute approximate surface area is 166 Å². The molecule has 26 heavy (non-hydrogen) atoms. The van der Waals surface area contributed by atoms with E-state index in [0.717, 1.165) is 32.8 Å². The van der Waals surface area contributed by atoms with Gasteiger partial charge in [0.25, 0.3) is 0 Å². The highest BCUT2D eigenvalue weighted by Gasteiger charge is 2.28. The van der Waals surface area contributed by atoms with E-state index in [1.165, 1.54) is 16.7 Å². The molecule has 0 aliphatic carbocycles. The van der Waals surface area contributed by atoms with Gasteiger partial charge in [0, 0.05) is 9.86 Å². The fourth-order valence-electron chi connectivity index (χ4n) is 3.28. The number of hydrogen-bond donors (Lipinski definition) is 0. The van der Waals surface area contributed by atoms with Gasteiger partial charge in [-0.1, -0.05) is 56.4 Å². The SMILES string of the molecule is CCc1cc2ccc(C(C)(C#N)Cc3cccc(Br)c3C)cc2nc1P. The maximum absolute atomic E-state index is 9.98. The average molecular weight is 425 g/mol. The summed E-state index contributed by atoms with van der Waals surface area (Å²) in [5.74, 6) is 0. The second-order valence-corrected chi connectivity index (χ2v) is 8.34. The lowest BCUT2D eigenvalue weighted by molar-refractivity contribution is 0.605. The molecule has 0 radical (unpaired) electrons. The highest BCUT2D eigenvalue weighted by atomic mass is 79.9. The van der Waals surface area contributed by atoms with Crippen LogP contribution in [0.2, 0.25) is 0 Å². The van der Waals surface area contributed by atoms with Gasteiger partial charge in [-0.05, 0) is 67.1 Å². The second kappa shape index (κ2) is 7.47. The van der Waals surface area contributed by atoms with Crippen molar-refractivity contribution < 1.29 is 0 Å². The Morgan fingerprint density at radius 2 is 1.96 bits per heavy atom. The summed E-state index contributed by atoms with van der Waals surface area (Å²) in [7, 11) is 2.72. The molecule has 0 fully saturated rings. The molecule has 2 nitrogen and oxygen atoms in total. The largest absolute Gasteiger partial charge is 0.248 e. The maximum atomic E-state index is 9.98. The molecule has 0 aliphatic heterocycles. The molecule has 2 atom stereocenters. The molecule has 1 heterocycles. The highest BCUT2D eigenvalue weighted by molar-refractivity contribution is 9.10. The standard InChI is InChI=1S/C22H22BrN2P/c1-4-15-10-16-8-9-18(11-20(16)25-21(15)26)22(3,13-24)12-17-6-5-7-19(23)14(17)2/h5-11H,4,12,26H2,1-3H3. The molecule has 0 aliphatic rings. The summed E-state index contributed by atoms with van der Waals surface area (Å²) < 4.78 is 1.08. The summed E-state index contributed by atoms with van der Waals surface area (Å²) in [4.78, 5) is 4.74. The zero-order valence-electron chi connectivity index (χ0n) is 15.3. The molecule has 0 amide bonds. The van der Waals surface area contributed by atoms with Crippen LogP contribution in [0.1, 0.15) is 36.1 Å². The van der Waals surface area contributed by atoms with Gasteiger partial charge >= 0.3 is 0 Å². The molecule has 4 heteroatoms. The first-order valence-electron chi connectivity index (χ1n) is 8.73. The molecule has 3 aromatic rings. The average Bonchev–Trinajstić information content (AvgIpc) is 2.64. The number of pyridine rings is 1. The molecule has 0 bridgehead atoms. The number of rotatable bonds is 4. The summed E-state index contributed by atoms with van der Waals surface area (Å²) in [6.07, 6.45) is 1.63. The van der Waals surface area contributed by atoms with Crippen LogP contribution in [0.15, 0.2) is 46.9 Å². The third-order valence-electron chi connectivity index (χ3n) is 5.12. The Morgan fingerprint density at radius 3 is 2.65 bits per heavy atom. The van der Waals surface area contributed by atoms with Gasteiger partial charge in [0.1, 0.15) is 0 Å². The van der Waals surface area contributed by atoms with Crippen molar-refractivity contribution >= 4 is 41.5 Å². The van der Waals surface area contributed by atoms with Gasteiger partial charge in [0.05, 0.1) is 22.4 Å². The molecular weight excluding hydrogens is 403 g/mol. The minimum absolute atomic E-state index is 0.605. The summed E-state index contributed by atoms with van der Waals surface area (Å²) in [6.45, 7) is 6.24. The van der Waals surface area contributed by atoms with E-state index in [9.17, 15) is 5.26 Å². The van der Waals surface area contributed by atoms with Crippen molar-refractivity contribution in [1.82, 2.24) is 4.98 Å². The highest BCUT2D eigenvalue weighted by Crippen LogP contribution is 2.32. The first kappa shape index (κ1) is 19.0. The molecule has 2 unspecified atom stereocenters. The van der Waals surface area contributed by atoms with Crippen molar-refractivity contribution in [3.63, 3.8) is 0 Å². The van der Waals surface area contributed by atoms with Gasteiger partial charge in [-0.3, -0.25) is 0 Å². The van der Waals surface area contributed by atoms with Crippen LogP contribution >= 0.6 is 25.2 Å². The number of aromatic nitrogens is 1. The number of aryl methyl sites for hydroxylation is 1. The quantitative estimate of drug-likeness (QED) is 0.526. The molecule has 0 spiro atoms. The molecule has 1 aromatic heterocycles. The number of benzene rings is 2. The Morgan fingerprint density at radius 1 is 1.19 bits per heavy atom. The zero-order chi connectivity index (χ0) is 18.9. The Bertz CT molecular complexity index is 1020.